The Morgan fingerprint density at radius 1 is 1.33 bits per heavy atom. The lowest BCUT2D eigenvalue weighted by molar-refractivity contribution is 0.312. The predicted octanol–water partition coefficient (Wildman–Crippen LogP) is 2.42. The molecule has 0 aromatic heterocycles. The summed E-state index contributed by atoms with van der Waals surface area (Å²) in [7, 11) is 0.0923. The van der Waals surface area contributed by atoms with Gasteiger partial charge in [0, 0.05) is 0 Å². The Kier molecular flexibility index (Phi) is 2.84. The van der Waals surface area contributed by atoms with Crippen LogP contribution in [0, 0.1) is 0 Å². The average Bonchev–Trinajstić information content (AvgIpc) is 2.67. The Balaban J connectivity index is 2.47. The van der Waals surface area contributed by atoms with E-state index in [2.05, 4.69) is 26.0 Å². The molecule has 1 aliphatic heterocycles. The third-order valence-electron chi connectivity index (χ3n) is 3.45. The summed E-state index contributed by atoms with van der Waals surface area (Å²) in [6.45, 7) is 5.28. The van der Waals surface area contributed by atoms with E-state index in [-0.39, 0.29) is 0 Å². The molecule has 15 heavy (non-hydrogen) atoms. The van der Waals surface area contributed by atoms with Gasteiger partial charge in [-0.05, 0) is 35.0 Å². The molecular weight excluding hydrogens is 204 g/mol. The van der Waals surface area contributed by atoms with Crippen molar-refractivity contribution in [3.05, 3.63) is 23.8 Å². The second-order valence-electron chi connectivity index (χ2n) is 4.01. The van der Waals surface area contributed by atoms with Crippen molar-refractivity contribution in [1.29, 1.82) is 0 Å². The summed E-state index contributed by atoms with van der Waals surface area (Å²) >= 11 is 0. The maximum Gasteiger partial charge on any atom is 0.224 e. The highest BCUT2D eigenvalue weighted by Gasteiger charge is 2.40. The van der Waals surface area contributed by atoms with E-state index in [0.29, 0.717) is 0 Å². The topological polar surface area (TPSA) is 18.5 Å². The molecule has 0 aliphatic carbocycles. The van der Waals surface area contributed by atoms with Gasteiger partial charge in [0.15, 0.2) is 0 Å². The van der Waals surface area contributed by atoms with Crippen LogP contribution in [0.1, 0.15) is 19.4 Å². The SMILES string of the molecule is CC[Si]1(CC)OCc2ccc(OC)cc21. The van der Waals surface area contributed by atoms with Crippen LogP contribution in [0.2, 0.25) is 12.1 Å². The molecule has 2 nitrogen and oxygen atoms in total. The zero-order valence-corrected chi connectivity index (χ0v) is 10.7. The molecule has 2 rings (SSSR count). The largest absolute Gasteiger partial charge is 0.497 e. The Morgan fingerprint density at radius 3 is 2.67 bits per heavy atom. The molecule has 0 spiro atoms. The van der Waals surface area contributed by atoms with Gasteiger partial charge < -0.3 is 9.16 Å². The van der Waals surface area contributed by atoms with Gasteiger partial charge in [-0.1, -0.05) is 19.9 Å². The standard InChI is InChI=1S/C12H18O2Si/c1-4-15(5-2)12-8-11(13-3)7-6-10(12)9-14-15/h6-8H,4-5,9H2,1-3H3. The fraction of sp³-hybridized carbons (Fsp3) is 0.500. The summed E-state index contributed by atoms with van der Waals surface area (Å²) in [6, 6.07) is 8.67. The van der Waals surface area contributed by atoms with Gasteiger partial charge in [0.05, 0.1) is 13.7 Å². The van der Waals surface area contributed by atoms with Crippen molar-refractivity contribution < 1.29 is 9.16 Å². The van der Waals surface area contributed by atoms with E-state index in [0.717, 1.165) is 24.4 Å². The lowest BCUT2D eigenvalue weighted by Crippen LogP contribution is -2.45. The van der Waals surface area contributed by atoms with Crippen LogP contribution in [0.3, 0.4) is 0 Å². The summed E-state index contributed by atoms with van der Waals surface area (Å²) < 4.78 is 11.4. The third kappa shape index (κ3) is 1.60. The predicted molar refractivity (Wildman–Crippen MR) is 64.1 cm³/mol. The number of benzene rings is 1. The molecule has 0 unspecified atom stereocenters. The first-order valence-electron chi connectivity index (χ1n) is 5.57. The highest BCUT2D eigenvalue weighted by Crippen LogP contribution is 2.28. The molecular formula is C12H18O2Si. The van der Waals surface area contributed by atoms with Crippen molar-refractivity contribution in [2.24, 2.45) is 0 Å². The minimum absolute atomic E-state index is 0.799. The van der Waals surface area contributed by atoms with Crippen molar-refractivity contribution in [2.75, 3.05) is 7.11 Å². The molecule has 0 bridgehead atoms. The fourth-order valence-corrected chi connectivity index (χ4v) is 5.76. The van der Waals surface area contributed by atoms with E-state index in [1.165, 1.54) is 10.8 Å². The number of fused-ring (bicyclic) bond motifs is 1. The van der Waals surface area contributed by atoms with Crippen LogP contribution >= 0.6 is 0 Å². The monoisotopic (exact) mass is 222 g/mol. The summed E-state index contributed by atoms with van der Waals surface area (Å²) in [5.41, 5.74) is 1.37. The van der Waals surface area contributed by atoms with E-state index in [9.17, 15) is 0 Å². The number of rotatable bonds is 3. The smallest absolute Gasteiger partial charge is 0.224 e. The second-order valence-corrected chi connectivity index (χ2v) is 8.24. The van der Waals surface area contributed by atoms with Crippen LogP contribution in [-0.2, 0) is 11.0 Å². The number of ether oxygens (including phenoxy) is 1. The first-order valence-corrected chi connectivity index (χ1v) is 7.89. The highest BCUT2D eigenvalue weighted by atomic mass is 28.4. The Hall–Kier alpha value is -0.803. The van der Waals surface area contributed by atoms with Gasteiger partial charge in [0.25, 0.3) is 0 Å². The van der Waals surface area contributed by atoms with Crippen LogP contribution in [0.15, 0.2) is 18.2 Å². The molecule has 1 aromatic carbocycles. The molecule has 0 radical (unpaired) electrons. The summed E-state index contributed by atoms with van der Waals surface area (Å²) in [5.74, 6) is 0.957. The third-order valence-corrected chi connectivity index (χ3v) is 7.88. The van der Waals surface area contributed by atoms with Crippen molar-refractivity contribution in [3.63, 3.8) is 0 Å². The van der Waals surface area contributed by atoms with Crippen LogP contribution < -0.4 is 9.92 Å². The van der Waals surface area contributed by atoms with Crippen LogP contribution in [0.25, 0.3) is 0 Å². The first kappa shape index (κ1) is 10.7. The Labute approximate surface area is 92.3 Å². The molecule has 0 N–H and O–H groups in total. The molecule has 0 atom stereocenters. The van der Waals surface area contributed by atoms with E-state index < -0.39 is 8.32 Å². The van der Waals surface area contributed by atoms with Gasteiger partial charge in [0.2, 0.25) is 8.32 Å². The summed E-state index contributed by atoms with van der Waals surface area (Å²) in [6.07, 6.45) is 0. The van der Waals surface area contributed by atoms with Gasteiger partial charge in [-0.2, -0.15) is 0 Å². The Bertz CT molecular complexity index is 359. The molecule has 0 saturated carbocycles. The molecule has 0 saturated heterocycles. The van der Waals surface area contributed by atoms with Gasteiger partial charge in [-0.15, -0.1) is 0 Å². The van der Waals surface area contributed by atoms with Gasteiger partial charge in [-0.25, -0.2) is 0 Å². The van der Waals surface area contributed by atoms with Gasteiger partial charge >= 0.3 is 0 Å². The zero-order valence-electron chi connectivity index (χ0n) is 9.67. The molecule has 1 aromatic rings. The lowest BCUT2D eigenvalue weighted by Gasteiger charge is -2.23. The van der Waals surface area contributed by atoms with E-state index in [1.54, 1.807) is 7.11 Å². The normalized spacial score (nSPS) is 17.5. The molecule has 0 amide bonds. The van der Waals surface area contributed by atoms with Crippen molar-refractivity contribution in [1.82, 2.24) is 0 Å². The maximum absolute atomic E-state index is 6.09. The molecule has 3 heteroatoms. The number of hydrogen-bond donors (Lipinski definition) is 0. The first-order chi connectivity index (χ1) is 7.25. The van der Waals surface area contributed by atoms with Crippen molar-refractivity contribution in [3.8, 4) is 5.75 Å². The summed E-state index contributed by atoms with van der Waals surface area (Å²) in [5, 5.41) is 1.45. The van der Waals surface area contributed by atoms with E-state index in [1.807, 2.05) is 6.07 Å². The Morgan fingerprint density at radius 2 is 2.07 bits per heavy atom. The maximum atomic E-state index is 6.09. The average molecular weight is 222 g/mol. The number of methoxy groups -OCH3 is 1. The zero-order chi connectivity index (χ0) is 10.9. The van der Waals surface area contributed by atoms with Crippen molar-refractivity contribution in [2.45, 2.75) is 32.5 Å². The minimum atomic E-state index is -1.63. The van der Waals surface area contributed by atoms with Crippen molar-refractivity contribution >= 4 is 13.5 Å². The van der Waals surface area contributed by atoms with Gasteiger partial charge in [0.1, 0.15) is 5.75 Å². The van der Waals surface area contributed by atoms with Crippen LogP contribution in [0.5, 0.6) is 5.75 Å². The molecule has 1 heterocycles. The van der Waals surface area contributed by atoms with Gasteiger partial charge in [-0.3, -0.25) is 0 Å². The molecule has 1 aliphatic rings. The van der Waals surface area contributed by atoms with Crippen LogP contribution in [0.4, 0.5) is 0 Å². The fourth-order valence-electron chi connectivity index (χ4n) is 2.36. The number of hydrogen-bond acceptors (Lipinski definition) is 2. The highest BCUT2D eigenvalue weighted by molar-refractivity contribution is 6.87. The minimum Gasteiger partial charge on any atom is -0.497 e. The molecule has 82 valence electrons. The second kappa shape index (κ2) is 3.98. The molecule has 0 fully saturated rings. The lowest BCUT2D eigenvalue weighted by atomic mass is 10.2. The summed E-state index contributed by atoms with van der Waals surface area (Å²) in [4.78, 5) is 0. The van der Waals surface area contributed by atoms with E-state index in [4.69, 9.17) is 9.16 Å². The quantitative estimate of drug-likeness (QED) is 0.731. The van der Waals surface area contributed by atoms with E-state index >= 15 is 0 Å². The van der Waals surface area contributed by atoms with Crippen LogP contribution in [-0.4, -0.2) is 15.4 Å².